The van der Waals surface area contributed by atoms with Gasteiger partial charge in [0.1, 0.15) is 29.8 Å². The molecule has 3 rings (SSSR count). The molecule has 2 amide bonds. The van der Waals surface area contributed by atoms with E-state index in [0.717, 1.165) is 35.7 Å². The second-order valence-corrected chi connectivity index (χ2v) is 14.5. The molecule has 1 saturated heterocycles. The maximum Gasteiger partial charge on any atom is 0.330 e. The van der Waals surface area contributed by atoms with Gasteiger partial charge < -0.3 is 26.4 Å². The first kappa shape index (κ1) is 41.0. The topological polar surface area (TPSA) is 157 Å². The fourth-order valence-electron chi connectivity index (χ4n) is 5.73. The highest BCUT2D eigenvalue weighted by Crippen LogP contribution is 2.19. The Morgan fingerprint density at radius 1 is 1.02 bits per heavy atom. The van der Waals surface area contributed by atoms with Crippen molar-refractivity contribution in [2.75, 3.05) is 12.3 Å². The first-order chi connectivity index (χ1) is 22.3. The summed E-state index contributed by atoms with van der Waals surface area (Å²) in [6, 6.07) is 7.47. The van der Waals surface area contributed by atoms with Crippen LogP contribution in [0.25, 0.3) is 0 Å². The number of benzene rings is 2. The Kier molecular flexibility index (Phi) is 16.9. The molecule has 1 aliphatic rings. The molecule has 14 heteroatoms. The van der Waals surface area contributed by atoms with Crippen molar-refractivity contribution in [2.45, 2.75) is 108 Å². The van der Waals surface area contributed by atoms with Gasteiger partial charge in [0.2, 0.25) is 11.8 Å². The Bertz CT molecular complexity index is 1460. The quantitative estimate of drug-likeness (QED) is 0.161. The lowest BCUT2D eigenvalue weighted by molar-refractivity contribution is -0.153. The fourth-order valence-corrected chi connectivity index (χ4v) is 7.88. The molecule has 2 aromatic carbocycles. The first-order valence-electron chi connectivity index (χ1n) is 16.4. The van der Waals surface area contributed by atoms with Crippen LogP contribution in [-0.4, -0.2) is 68.0 Å². The molecular formula is C34H49ClF2N4O6S. The SMILES string of the molecule is CCCC(CCC)S(=O)(=O)CC(NC(=O)[C@@H]1CCC(=O)N1)C(=O)O[C@H](CNCc1cccc(CC)c1)[C@@H](N)Cc1cc(F)cc(F)c1.Cl. The molecule has 0 aromatic heterocycles. The summed E-state index contributed by atoms with van der Waals surface area (Å²) in [5, 5.41) is 7.55. The van der Waals surface area contributed by atoms with E-state index < -0.39 is 68.6 Å². The van der Waals surface area contributed by atoms with Gasteiger partial charge in [-0.15, -0.1) is 12.4 Å². The van der Waals surface area contributed by atoms with Gasteiger partial charge in [-0.3, -0.25) is 9.59 Å². The molecule has 10 nitrogen and oxygen atoms in total. The van der Waals surface area contributed by atoms with Gasteiger partial charge in [0.25, 0.3) is 0 Å². The minimum absolute atomic E-state index is 0. The van der Waals surface area contributed by atoms with Gasteiger partial charge in [-0.1, -0.05) is 57.9 Å². The van der Waals surface area contributed by atoms with Crippen molar-refractivity contribution in [3.63, 3.8) is 0 Å². The standard InChI is InChI=1S/C34H48F2N4O6S.ClH/c1-4-8-27(9-5-2)47(44,45)21-30(40-33(42)29-12-13-32(41)39-29)34(43)46-31(20-38-19-23-11-7-10-22(6-3)14-23)28(37)17-24-15-25(35)18-26(36)16-24;/h7,10-11,14-16,18,27-31,38H,4-6,8-9,12-13,17,19-21,37H2,1-3H3,(H,39,41)(H,40,42);1H/t28-,29-,30?,31+;/m0./s1. The number of sulfone groups is 1. The summed E-state index contributed by atoms with van der Waals surface area (Å²) in [5.41, 5.74) is 8.84. The molecule has 0 radical (unpaired) electrons. The summed E-state index contributed by atoms with van der Waals surface area (Å²) in [7, 11) is -3.88. The normalized spacial score (nSPS) is 16.5. The van der Waals surface area contributed by atoms with E-state index in [1.165, 1.54) is 0 Å². The number of hydrogen-bond acceptors (Lipinski definition) is 8. The lowest BCUT2D eigenvalue weighted by atomic mass is 10.0. The second kappa shape index (κ2) is 19.8. The summed E-state index contributed by atoms with van der Waals surface area (Å²) < 4.78 is 60.8. The van der Waals surface area contributed by atoms with Crippen molar-refractivity contribution in [1.82, 2.24) is 16.0 Å². The second-order valence-electron chi connectivity index (χ2n) is 12.2. The van der Waals surface area contributed by atoms with E-state index in [9.17, 15) is 31.6 Å². The van der Waals surface area contributed by atoms with Crippen molar-refractivity contribution in [2.24, 2.45) is 5.73 Å². The van der Waals surface area contributed by atoms with Gasteiger partial charge in [-0.05, 0) is 60.9 Å². The molecule has 1 fully saturated rings. The van der Waals surface area contributed by atoms with Crippen molar-refractivity contribution in [3.05, 3.63) is 70.8 Å². The molecular weight excluding hydrogens is 666 g/mol. The molecule has 4 atom stereocenters. The molecule has 0 bridgehead atoms. The zero-order valence-corrected chi connectivity index (χ0v) is 29.4. The summed E-state index contributed by atoms with van der Waals surface area (Å²) in [5.74, 6) is -4.29. The predicted octanol–water partition coefficient (Wildman–Crippen LogP) is 3.67. The smallest absolute Gasteiger partial charge is 0.330 e. The summed E-state index contributed by atoms with van der Waals surface area (Å²) in [4.78, 5) is 38.6. The van der Waals surface area contributed by atoms with Crippen LogP contribution in [0.5, 0.6) is 0 Å². The number of amides is 2. The molecule has 1 heterocycles. The number of carbonyl (C=O) groups is 3. The van der Waals surface area contributed by atoms with Gasteiger partial charge in [-0.25, -0.2) is 22.0 Å². The molecule has 0 spiro atoms. The van der Waals surface area contributed by atoms with E-state index in [-0.39, 0.29) is 49.7 Å². The molecule has 1 unspecified atom stereocenters. The van der Waals surface area contributed by atoms with E-state index in [1.807, 2.05) is 45.0 Å². The minimum atomic E-state index is -3.88. The van der Waals surface area contributed by atoms with Crippen molar-refractivity contribution < 1.29 is 36.3 Å². The van der Waals surface area contributed by atoms with Crippen LogP contribution >= 0.6 is 12.4 Å². The van der Waals surface area contributed by atoms with Crippen LogP contribution in [0.15, 0.2) is 42.5 Å². The van der Waals surface area contributed by atoms with E-state index in [2.05, 4.69) is 16.0 Å². The van der Waals surface area contributed by atoms with Crippen LogP contribution in [-0.2, 0) is 48.3 Å². The van der Waals surface area contributed by atoms with Crippen LogP contribution in [0.2, 0.25) is 0 Å². The fraction of sp³-hybridized carbons (Fsp3) is 0.559. The first-order valence-corrected chi connectivity index (χ1v) is 18.1. The summed E-state index contributed by atoms with van der Waals surface area (Å²) in [6.07, 6.45) is 2.07. The number of rotatable bonds is 19. The van der Waals surface area contributed by atoms with Gasteiger partial charge in [0.15, 0.2) is 9.84 Å². The van der Waals surface area contributed by atoms with Crippen LogP contribution in [0.1, 0.15) is 76.0 Å². The number of aryl methyl sites for hydroxylation is 1. The minimum Gasteiger partial charge on any atom is -0.458 e. The number of nitrogens with two attached hydrogens (primary N) is 1. The number of esters is 1. The monoisotopic (exact) mass is 714 g/mol. The highest BCUT2D eigenvalue weighted by molar-refractivity contribution is 7.92. The molecule has 0 saturated carbocycles. The third-order valence-electron chi connectivity index (χ3n) is 8.25. The van der Waals surface area contributed by atoms with E-state index >= 15 is 0 Å². The van der Waals surface area contributed by atoms with Crippen molar-refractivity contribution in [1.29, 1.82) is 0 Å². The molecule has 268 valence electrons. The number of hydrogen-bond donors (Lipinski definition) is 4. The van der Waals surface area contributed by atoms with Gasteiger partial charge >= 0.3 is 5.97 Å². The average molecular weight is 715 g/mol. The predicted molar refractivity (Wildman–Crippen MR) is 183 cm³/mol. The number of halogens is 3. The lowest BCUT2D eigenvalue weighted by Gasteiger charge is -2.28. The Balaban J connectivity index is 0.00000800. The summed E-state index contributed by atoms with van der Waals surface area (Å²) >= 11 is 0. The Hall–Kier alpha value is -3.13. The largest absolute Gasteiger partial charge is 0.458 e. The van der Waals surface area contributed by atoms with Crippen molar-refractivity contribution >= 4 is 40.0 Å². The van der Waals surface area contributed by atoms with Crippen LogP contribution in [0, 0.1) is 11.6 Å². The van der Waals surface area contributed by atoms with E-state index in [0.29, 0.717) is 32.2 Å². The molecule has 1 aliphatic heterocycles. The third kappa shape index (κ3) is 12.7. The molecule has 0 aliphatic carbocycles. The number of carbonyl (C=O) groups excluding carboxylic acids is 3. The van der Waals surface area contributed by atoms with E-state index in [1.54, 1.807) is 0 Å². The highest BCUT2D eigenvalue weighted by atomic mass is 35.5. The van der Waals surface area contributed by atoms with Gasteiger partial charge in [0, 0.05) is 31.6 Å². The zero-order valence-electron chi connectivity index (χ0n) is 27.8. The number of nitrogens with one attached hydrogen (secondary N) is 3. The average Bonchev–Trinajstić information content (AvgIpc) is 3.45. The maximum absolute atomic E-state index is 14.0. The zero-order chi connectivity index (χ0) is 34.6. The van der Waals surface area contributed by atoms with Crippen LogP contribution in [0.3, 0.4) is 0 Å². The van der Waals surface area contributed by atoms with Gasteiger partial charge in [-0.2, -0.15) is 0 Å². The Morgan fingerprint density at radius 2 is 1.67 bits per heavy atom. The summed E-state index contributed by atoms with van der Waals surface area (Å²) in [6.45, 7) is 6.21. The Labute approximate surface area is 288 Å². The third-order valence-corrected chi connectivity index (χ3v) is 10.5. The van der Waals surface area contributed by atoms with Crippen molar-refractivity contribution in [3.8, 4) is 0 Å². The highest BCUT2D eigenvalue weighted by Gasteiger charge is 2.37. The Morgan fingerprint density at radius 3 is 2.25 bits per heavy atom. The van der Waals surface area contributed by atoms with E-state index in [4.69, 9.17) is 10.5 Å². The molecule has 48 heavy (non-hydrogen) atoms. The molecule has 2 aromatic rings. The number of ether oxygens (including phenoxy) is 1. The van der Waals surface area contributed by atoms with Crippen LogP contribution < -0.4 is 21.7 Å². The molecule has 5 N–H and O–H groups in total. The van der Waals surface area contributed by atoms with Crippen LogP contribution in [0.4, 0.5) is 8.78 Å². The van der Waals surface area contributed by atoms with Gasteiger partial charge in [0.05, 0.1) is 11.0 Å². The maximum atomic E-state index is 14.0. The lowest BCUT2D eigenvalue weighted by Crippen LogP contribution is -2.55.